The van der Waals surface area contributed by atoms with E-state index in [0.717, 1.165) is 6.92 Å². The molecular formula is C3H6F2O2S. The maximum Gasteiger partial charge on any atom is 0.342 e. The SMILES string of the molecule is CCC(F)(F)[SH](=O)=O. The van der Waals surface area contributed by atoms with E-state index in [1.807, 2.05) is 0 Å². The number of hydrogen-bond acceptors (Lipinski definition) is 2. The summed E-state index contributed by atoms with van der Waals surface area (Å²) in [7, 11) is -3.58. The van der Waals surface area contributed by atoms with Crippen molar-refractivity contribution in [3.8, 4) is 0 Å². The summed E-state index contributed by atoms with van der Waals surface area (Å²) in [5.41, 5.74) is 0. The van der Waals surface area contributed by atoms with Crippen molar-refractivity contribution in [1.29, 1.82) is 0 Å². The van der Waals surface area contributed by atoms with E-state index in [9.17, 15) is 17.2 Å². The Morgan fingerprint density at radius 1 is 1.50 bits per heavy atom. The van der Waals surface area contributed by atoms with Crippen molar-refractivity contribution >= 4 is 10.7 Å². The van der Waals surface area contributed by atoms with Crippen LogP contribution in [0.4, 0.5) is 8.78 Å². The van der Waals surface area contributed by atoms with Crippen molar-refractivity contribution in [2.24, 2.45) is 0 Å². The average Bonchev–Trinajstić information content (AvgIpc) is 1.67. The van der Waals surface area contributed by atoms with Gasteiger partial charge >= 0.3 is 5.25 Å². The molecule has 0 radical (unpaired) electrons. The first-order valence-electron chi connectivity index (χ1n) is 2.03. The number of thiol groups is 1. The standard InChI is InChI=1S/C3H6F2O2S/c1-2-3(4,5)8(6)7/h8H,2H2,1H3. The van der Waals surface area contributed by atoms with E-state index >= 15 is 0 Å². The van der Waals surface area contributed by atoms with Gasteiger partial charge in [-0.3, -0.25) is 0 Å². The highest BCUT2D eigenvalue weighted by molar-refractivity contribution is 7.73. The van der Waals surface area contributed by atoms with E-state index in [1.165, 1.54) is 0 Å². The summed E-state index contributed by atoms with van der Waals surface area (Å²) in [4.78, 5) is 0. The van der Waals surface area contributed by atoms with E-state index in [1.54, 1.807) is 0 Å². The molecule has 2 nitrogen and oxygen atoms in total. The first-order chi connectivity index (χ1) is 3.50. The van der Waals surface area contributed by atoms with Gasteiger partial charge in [0.05, 0.1) is 0 Å². The molecule has 0 aromatic heterocycles. The molecule has 0 fully saturated rings. The smallest absolute Gasteiger partial charge is 0.226 e. The molecule has 5 heteroatoms. The number of hydrogen-bond donors (Lipinski definition) is 1. The van der Waals surface area contributed by atoms with Gasteiger partial charge in [0.2, 0.25) is 10.7 Å². The Bertz CT molecular complexity index is 132. The second kappa shape index (κ2) is 2.39. The minimum absolute atomic E-state index is 0.647. The van der Waals surface area contributed by atoms with E-state index in [-0.39, 0.29) is 0 Å². The van der Waals surface area contributed by atoms with Gasteiger partial charge in [-0.05, 0) is 0 Å². The second-order valence-electron chi connectivity index (χ2n) is 1.28. The summed E-state index contributed by atoms with van der Waals surface area (Å²) in [6, 6.07) is 0. The zero-order valence-electron chi connectivity index (χ0n) is 4.23. The Hall–Kier alpha value is -0.190. The summed E-state index contributed by atoms with van der Waals surface area (Å²) < 4.78 is 42.4. The van der Waals surface area contributed by atoms with Crippen molar-refractivity contribution in [3.63, 3.8) is 0 Å². The monoisotopic (exact) mass is 144 g/mol. The summed E-state index contributed by atoms with van der Waals surface area (Å²) in [6.45, 7) is 1.12. The molecule has 0 spiro atoms. The molecule has 50 valence electrons. The van der Waals surface area contributed by atoms with Gasteiger partial charge in [0.25, 0.3) is 0 Å². The molecule has 0 atom stereocenters. The molecule has 0 aliphatic carbocycles. The molecule has 0 rings (SSSR count). The molecule has 0 unspecified atom stereocenters. The van der Waals surface area contributed by atoms with Crippen molar-refractivity contribution in [2.45, 2.75) is 18.6 Å². The predicted octanol–water partition coefficient (Wildman–Crippen LogP) is 0.601. The molecule has 0 bridgehead atoms. The topological polar surface area (TPSA) is 34.1 Å². The zero-order valence-corrected chi connectivity index (χ0v) is 5.12. The molecule has 0 heterocycles. The molecule has 0 N–H and O–H groups in total. The Kier molecular flexibility index (Phi) is 2.33. The molecule has 0 aromatic rings. The highest BCUT2D eigenvalue weighted by atomic mass is 32.2. The summed E-state index contributed by atoms with van der Waals surface area (Å²) >= 11 is 0. The molecular weight excluding hydrogens is 138 g/mol. The van der Waals surface area contributed by atoms with Gasteiger partial charge in [-0.2, -0.15) is 8.78 Å². The summed E-state index contributed by atoms with van der Waals surface area (Å²) in [5, 5.41) is -3.50. The third kappa shape index (κ3) is 1.73. The van der Waals surface area contributed by atoms with Crippen LogP contribution in [0.15, 0.2) is 0 Å². The van der Waals surface area contributed by atoms with Gasteiger partial charge in [-0.25, -0.2) is 8.42 Å². The van der Waals surface area contributed by atoms with E-state index in [0.29, 0.717) is 0 Å². The Balaban J connectivity index is 4.13. The normalized spacial score (nSPS) is 12.5. The van der Waals surface area contributed by atoms with Crippen molar-refractivity contribution in [2.75, 3.05) is 0 Å². The fourth-order valence-electron chi connectivity index (χ4n) is 0.129. The Morgan fingerprint density at radius 3 is 1.88 bits per heavy atom. The second-order valence-corrected chi connectivity index (χ2v) is 2.45. The van der Waals surface area contributed by atoms with Crippen LogP contribution >= 0.6 is 0 Å². The van der Waals surface area contributed by atoms with E-state index in [2.05, 4.69) is 0 Å². The highest BCUT2D eigenvalue weighted by Crippen LogP contribution is 2.17. The molecule has 0 aromatic carbocycles. The first-order valence-corrected chi connectivity index (χ1v) is 3.20. The van der Waals surface area contributed by atoms with Crippen LogP contribution in [0.25, 0.3) is 0 Å². The van der Waals surface area contributed by atoms with Gasteiger partial charge < -0.3 is 0 Å². The first kappa shape index (κ1) is 7.81. The van der Waals surface area contributed by atoms with Crippen LogP contribution in [0.1, 0.15) is 13.3 Å². The van der Waals surface area contributed by atoms with Crippen LogP contribution in [-0.4, -0.2) is 13.7 Å². The van der Waals surface area contributed by atoms with Crippen molar-refractivity contribution < 1.29 is 17.2 Å². The van der Waals surface area contributed by atoms with Crippen LogP contribution < -0.4 is 0 Å². The maximum atomic E-state index is 11.7. The molecule has 0 aliphatic rings. The summed E-state index contributed by atoms with van der Waals surface area (Å²) in [5.74, 6) is 0. The van der Waals surface area contributed by atoms with Gasteiger partial charge in [0.15, 0.2) is 0 Å². The van der Waals surface area contributed by atoms with E-state index in [4.69, 9.17) is 0 Å². The zero-order chi connectivity index (χ0) is 6.78. The molecule has 0 amide bonds. The largest absolute Gasteiger partial charge is 0.342 e. The molecule has 0 aliphatic heterocycles. The van der Waals surface area contributed by atoms with Gasteiger partial charge in [-0.1, -0.05) is 6.92 Å². The average molecular weight is 144 g/mol. The van der Waals surface area contributed by atoms with Crippen LogP contribution in [0.5, 0.6) is 0 Å². The van der Waals surface area contributed by atoms with Crippen LogP contribution in [0, 0.1) is 0 Å². The van der Waals surface area contributed by atoms with Gasteiger partial charge in [-0.15, -0.1) is 0 Å². The molecule has 8 heavy (non-hydrogen) atoms. The van der Waals surface area contributed by atoms with Crippen LogP contribution in [-0.2, 0) is 10.7 Å². The number of rotatable bonds is 2. The minimum atomic E-state index is -3.58. The van der Waals surface area contributed by atoms with Gasteiger partial charge in [0.1, 0.15) is 0 Å². The lowest BCUT2D eigenvalue weighted by Gasteiger charge is -2.01. The quantitative estimate of drug-likeness (QED) is 0.576. The molecule has 0 saturated heterocycles. The Labute approximate surface area is 47.5 Å². The fraction of sp³-hybridized carbons (Fsp3) is 1.00. The van der Waals surface area contributed by atoms with Gasteiger partial charge in [0, 0.05) is 6.42 Å². The lowest BCUT2D eigenvalue weighted by molar-refractivity contribution is 0.0923. The van der Waals surface area contributed by atoms with Crippen molar-refractivity contribution in [1.82, 2.24) is 0 Å². The highest BCUT2D eigenvalue weighted by Gasteiger charge is 2.29. The summed E-state index contributed by atoms with van der Waals surface area (Å²) in [6.07, 6.45) is -0.647. The van der Waals surface area contributed by atoms with Crippen LogP contribution in [0.3, 0.4) is 0 Å². The Morgan fingerprint density at radius 2 is 1.88 bits per heavy atom. The lowest BCUT2D eigenvalue weighted by Crippen LogP contribution is -2.15. The lowest BCUT2D eigenvalue weighted by atomic mass is 10.5. The number of alkyl halides is 2. The van der Waals surface area contributed by atoms with E-state index < -0.39 is 22.4 Å². The van der Waals surface area contributed by atoms with Crippen LogP contribution in [0.2, 0.25) is 0 Å². The molecule has 0 saturated carbocycles. The third-order valence-electron chi connectivity index (χ3n) is 0.692. The predicted molar refractivity (Wildman–Crippen MR) is 25.6 cm³/mol. The fourth-order valence-corrected chi connectivity index (χ4v) is 0.387. The third-order valence-corrected chi connectivity index (χ3v) is 1.54. The maximum absolute atomic E-state index is 11.7. The minimum Gasteiger partial charge on any atom is -0.226 e. The van der Waals surface area contributed by atoms with Crippen molar-refractivity contribution in [3.05, 3.63) is 0 Å². The number of halogens is 2.